The first-order valence-corrected chi connectivity index (χ1v) is 8.35. The van der Waals surface area contributed by atoms with Crippen molar-refractivity contribution in [2.75, 3.05) is 39.8 Å². The summed E-state index contributed by atoms with van der Waals surface area (Å²) >= 11 is 0. The molecule has 1 heterocycles. The second-order valence-corrected chi connectivity index (χ2v) is 7.28. The molecule has 122 valence electrons. The maximum atomic E-state index is 12.0. The Morgan fingerprint density at radius 2 is 2.10 bits per heavy atom. The normalized spacial score (nSPS) is 24.3. The van der Waals surface area contributed by atoms with Crippen LogP contribution in [-0.2, 0) is 0 Å². The largest absolute Gasteiger partial charge is 0.391 e. The molecule has 2 rings (SSSR count). The summed E-state index contributed by atoms with van der Waals surface area (Å²) in [5, 5.41) is 12.9. The topological polar surface area (TPSA) is 55.8 Å². The van der Waals surface area contributed by atoms with Crippen LogP contribution in [0.15, 0.2) is 0 Å². The Morgan fingerprint density at radius 3 is 2.71 bits per heavy atom. The van der Waals surface area contributed by atoms with Gasteiger partial charge in [0.15, 0.2) is 0 Å². The summed E-state index contributed by atoms with van der Waals surface area (Å²) in [6, 6.07) is -0.0583. The van der Waals surface area contributed by atoms with Gasteiger partial charge in [0.1, 0.15) is 0 Å². The lowest BCUT2D eigenvalue weighted by molar-refractivity contribution is 0.113. The maximum Gasteiger partial charge on any atom is 0.317 e. The zero-order valence-corrected chi connectivity index (χ0v) is 13.7. The first-order chi connectivity index (χ1) is 9.95. The Labute approximate surface area is 128 Å². The maximum absolute atomic E-state index is 12.0. The summed E-state index contributed by atoms with van der Waals surface area (Å²) in [6.45, 7) is 9.07. The number of carbonyl (C=O) groups is 1. The van der Waals surface area contributed by atoms with Gasteiger partial charge in [-0.05, 0) is 43.6 Å². The molecular formula is C16H31N3O2. The predicted octanol–water partition coefficient (Wildman–Crippen LogP) is 1.38. The average molecular weight is 297 g/mol. The van der Waals surface area contributed by atoms with Crippen LogP contribution in [0.4, 0.5) is 4.79 Å². The van der Waals surface area contributed by atoms with Crippen molar-refractivity contribution in [3.63, 3.8) is 0 Å². The van der Waals surface area contributed by atoms with Crippen molar-refractivity contribution in [1.29, 1.82) is 0 Å². The number of hydrogen-bond donors (Lipinski definition) is 2. The van der Waals surface area contributed by atoms with E-state index in [0.29, 0.717) is 24.3 Å². The van der Waals surface area contributed by atoms with E-state index < -0.39 is 0 Å². The van der Waals surface area contributed by atoms with Crippen molar-refractivity contribution in [2.24, 2.45) is 17.8 Å². The van der Waals surface area contributed by atoms with E-state index in [2.05, 4.69) is 24.1 Å². The minimum atomic E-state index is -0.353. The van der Waals surface area contributed by atoms with Gasteiger partial charge >= 0.3 is 6.03 Å². The Morgan fingerprint density at radius 1 is 1.38 bits per heavy atom. The summed E-state index contributed by atoms with van der Waals surface area (Å²) in [5.41, 5.74) is 0. The lowest BCUT2D eigenvalue weighted by Gasteiger charge is -2.22. The van der Waals surface area contributed by atoms with Crippen molar-refractivity contribution in [3.05, 3.63) is 0 Å². The second-order valence-electron chi connectivity index (χ2n) is 7.28. The fourth-order valence-corrected chi connectivity index (χ4v) is 3.12. The Kier molecular flexibility index (Phi) is 5.88. The molecule has 2 unspecified atom stereocenters. The van der Waals surface area contributed by atoms with Gasteiger partial charge in [-0.15, -0.1) is 0 Å². The Balaban J connectivity index is 1.62. The fourth-order valence-electron chi connectivity index (χ4n) is 3.12. The third kappa shape index (κ3) is 5.47. The monoisotopic (exact) mass is 297 g/mol. The highest BCUT2D eigenvalue weighted by molar-refractivity contribution is 5.73. The van der Waals surface area contributed by atoms with Crippen LogP contribution in [0.1, 0.15) is 33.1 Å². The van der Waals surface area contributed by atoms with Crippen LogP contribution < -0.4 is 5.32 Å². The molecule has 1 aliphatic carbocycles. The number of rotatable bonds is 7. The number of hydrogen-bond acceptors (Lipinski definition) is 3. The van der Waals surface area contributed by atoms with Crippen LogP contribution in [-0.4, -0.2) is 66.8 Å². The van der Waals surface area contributed by atoms with Gasteiger partial charge in [-0.2, -0.15) is 0 Å². The standard InChI is InChI=1S/C16H31N3O2/c1-12(2)9-19-7-6-13(10-19)8-17-16(21)18(3)11-15(20)14-4-5-14/h12-15,20H,4-11H2,1-3H3,(H,17,21). The van der Waals surface area contributed by atoms with E-state index in [1.54, 1.807) is 11.9 Å². The smallest absolute Gasteiger partial charge is 0.317 e. The first kappa shape index (κ1) is 16.6. The van der Waals surface area contributed by atoms with Crippen molar-refractivity contribution in [1.82, 2.24) is 15.1 Å². The summed E-state index contributed by atoms with van der Waals surface area (Å²) in [7, 11) is 1.76. The summed E-state index contributed by atoms with van der Waals surface area (Å²) < 4.78 is 0. The number of aliphatic hydroxyl groups excluding tert-OH is 1. The molecule has 2 fully saturated rings. The number of amides is 2. The van der Waals surface area contributed by atoms with Gasteiger partial charge in [0.05, 0.1) is 6.10 Å². The van der Waals surface area contributed by atoms with Crippen molar-refractivity contribution in [3.8, 4) is 0 Å². The molecule has 2 amide bonds. The van der Waals surface area contributed by atoms with Gasteiger partial charge < -0.3 is 20.2 Å². The van der Waals surface area contributed by atoms with Crippen molar-refractivity contribution < 1.29 is 9.90 Å². The van der Waals surface area contributed by atoms with E-state index >= 15 is 0 Å². The molecular weight excluding hydrogens is 266 g/mol. The van der Waals surface area contributed by atoms with Gasteiger partial charge in [-0.1, -0.05) is 13.8 Å². The van der Waals surface area contributed by atoms with Gasteiger partial charge in [0, 0.05) is 33.2 Å². The Bertz CT molecular complexity index is 344. The van der Waals surface area contributed by atoms with Crippen LogP contribution >= 0.6 is 0 Å². The highest BCUT2D eigenvalue weighted by atomic mass is 16.3. The van der Waals surface area contributed by atoms with Gasteiger partial charge in [-0.25, -0.2) is 4.79 Å². The molecule has 5 heteroatoms. The highest BCUT2D eigenvalue weighted by Gasteiger charge is 2.31. The lowest BCUT2D eigenvalue weighted by Crippen LogP contribution is -2.43. The van der Waals surface area contributed by atoms with Crippen LogP contribution in [0, 0.1) is 17.8 Å². The first-order valence-electron chi connectivity index (χ1n) is 8.35. The molecule has 0 aromatic heterocycles. The van der Waals surface area contributed by atoms with Gasteiger partial charge in [-0.3, -0.25) is 0 Å². The minimum absolute atomic E-state index is 0.0583. The summed E-state index contributed by atoms with van der Waals surface area (Å²) in [4.78, 5) is 16.1. The molecule has 1 aliphatic heterocycles. The molecule has 0 aromatic rings. The summed E-state index contributed by atoms with van der Waals surface area (Å²) in [6.07, 6.45) is 3.02. The predicted molar refractivity (Wildman–Crippen MR) is 84.1 cm³/mol. The van der Waals surface area contributed by atoms with Crippen LogP contribution in [0.5, 0.6) is 0 Å². The molecule has 5 nitrogen and oxygen atoms in total. The van der Waals surface area contributed by atoms with Crippen LogP contribution in [0.3, 0.4) is 0 Å². The van der Waals surface area contributed by atoms with Gasteiger partial charge in [0.2, 0.25) is 0 Å². The van der Waals surface area contributed by atoms with E-state index in [0.717, 1.165) is 39.0 Å². The number of nitrogens with zero attached hydrogens (tertiary/aromatic N) is 2. The van der Waals surface area contributed by atoms with Crippen molar-refractivity contribution >= 4 is 6.03 Å². The third-order valence-corrected chi connectivity index (χ3v) is 4.51. The molecule has 0 radical (unpaired) electrons. The molecule has 1 saturated heterocycles. The van der Waals surface area contributed by atoms with E-state index in [9.17, 15) is 9.90 Å². The number of likely N-dealkylation sites (N-methyl/N-ethyl adjacent to an activating group) is 1. The summed E-state index contributed by atoms with van der Waals surface area (Å²) in [5.74, 6) is 1.68. The molecule has 2 N–H and O–H groups in total. The lowest BCUT2D eigenvalue weighted by atomic mass is 10.1. The van der Waals surface area contributed by atoms with Crippen LogP contribution in [0.25, 0.3) is 0 Å². The van der Waals surface area contributed by atoms with E-state index in [4.69, 9.17) is 0 Å². The molecule has 2 atom stereocenters. The molecule has 0 aromatic carbocycles. The average Bonchev–Trinajstić information content (AvgIpc) is 3.17. The number of carbonyl (C=O) groups excluding carboxylic acids is 1. The number of urea groups is 1. The second kappa shape index (κ2) is 7.45. The quantitative estimate of drug-likeness (QED) is 0.746. The molecule has 0 spiro atoms. The number of likely N-dealkylation sites (tertiary alicyclic amines) is 1. The molecule has 2 aliphatic rings. The zero-order valence-electron chi connectivity index (χ0n) is 13.7. The fraction of sp³-hybridized carbons (Fsp3) is 0.938. The van der Waals surface area contributed by atoms with E-state index in [1.165, 1.54) is 6.42 Å². The molecule has 21 heavy (non-hydrogen) atoms. The SMILES string of the molecule is CC(C)CN1CCC(CNC(=O)N(C)CC(O)C2CC2)C1. The minimum Gasteiger partial charge on any atom is -0.391 e. The van der Waals surface area contributed by atoms with E-state index in [1.807, 2.05) is 0 Å². The van der Waals surface area contributed by atoms with Gasteiger partial charge in [0.25, 0.3) is 0 Å². The van der Waals surface area contributed by atoms with E-state index in [-0.39, 0.29) is 12.1 Å². The number of aliphatic hydroxyl groups is 1. The molecule has 1 saturated carbocycles. The third-order valence-electron chi connectivity index (χ3n) is 4.51. The number of nitrogens with one attached hydrogen (secondary N) is 1. The van der Waals surface area contributed by atoms with Crippen LogP contribution in [0.2, 0.25) is 0 Å². The molecule has 0 bridgehead atoms. The Hall–Kier alpha value is -0.810. The zero-order chi connectivity index (χ0) is 15.4. The highest BCUT2D eigenvalue weighted by Crippen LogP contribution is 2.32. The van der Waals surface area contributed by atoms with Crippen molar-refractivity contribution in [2.45, 2.75) is 39.2 Å².